The molecule has 0 aliphatic heterocycles. The van der Waals surface area contributed by atoms with E-state index in [1.165, 1.54) is 37.7 Å². The van der Waals surface area contributed by atoms with Gasteiger partial charge in [-0.1, -0.05) is 44.2 Å². The standard InChI is InChI=1S/C19H31N/c1-15-12-16(2)14-18(13-15)20-19(3,4)11-10-17-8-6-5-7-9-17/h5-9,15-16,18,20H,10-14H2,1-4H3. The van der Waals surface area contributed by atoms with Crippen molar-refractivity contribution in [2.75, 3.05) is 0 Å². The van der Waals surface area contributed by atoms with Crippen LogP contribution in [-0.2, 0) is 6.42 Å². The Balaban J connectivity index is 1.84. The highest BCUT2D eigenvalue weighted by atomic mass is 15.0. The number of nitrogens with one attached hydrogen (secondary N) is 1. The van der Waals surface area contributed by atoms with Crippen molar-refractivity contribution in [1.29, 1.82) is 0 Å². The molecule has 1 aromatic rings. The van der Waals surface area contributed by atoms with Crippen molar-refractivity contribution in [3.63, 3.8) is 0 Å². The van der Waals surface area contributed by atoms with Crippen LogP contribution in [0.2, 0.25) is 0 Å². The lowest BCUT2D eigenvalue weighted by molar-refractivity contribution is 0.196. The fraction of sp³-hybridized carbons (Fsp3) is 0.684. The molecule has 0 bridgehead atoms. The Hall–Kier alpha value is -0.820. The third-order valence-corrected chi connectivity index (χ3v) is 4.65. The van der Waals surface area contributed by atoms with Crippen LogP contribution in [-0.4, -0.2) is 11.6 Å². The molecule has 2 atom stereocenters. The van der Waals surface area contributed by atoms with E-state index in [1.807, 2.05) is 0 Å². The van der Waals surface area contributed by atoms with Crippen molar-refractivity contribution in [2.24, 2.45) is 11.8 Å². The molecule has 1 saturated carbocycles. The van der Waals surface area contributed by atoms with Gasteiger partial charge in [0.1, 0.15) is 0 Å². The minimum atomic E-state index is 0.233. The van der Waals surface area contributed by atoms with E-state index in [-0.39, 0.29) is 5.54 Å². The Morgan fingerprint density at radius 2 is 1.60 bits per heavy atom. The zero-order valence-corrected chi connectivity index (χ0v) is 13.7. The monoisotopic (exact) mass is 273 g/mol. The topological polar surface area (TPSA) is 12.0 Å². The Bertz CT molecular complexity index is 385. The van der Waals surface area contributed by atoms with Gasteiger partial charge in [-0.05, 0) is 63.4 Å². The van der Waals surface area contributed by atoms with Crippen LogP contribution in [0.15, 0.2) is 30.3 Å². The first-order valence-corrected chi connectivity index (χ1v) is 8.26. The van der Waals surface area contributed by atoms with Crippen LogP contribution in [0.5, 0.6) is 0 Å². The molecule has 0 amide bonds. The maximum atomic E-state index is 3.93. The number of aryl methyl sites for hydroxylation is 1. The molecule has 20 heavy (non-hydrogen) atoms. The molecule has 1 aliphatic rings. The quantitative estimate of drug-likeness (QED) is 0.811. The number of rotatable bonds is 5. The summed E-state index contributed by atoms with van der Waals surface area (Å²) in [6, 6.07) is 11.6. The Kier molecular flexibility index (Phi) is 5.26. The first-order chi connectivity index (χ1) is 9.44. The first-order valence-electron chi connectivity index (χ1n) is 8.26. The van der Waals surface area contributed by atoms with Crippen LogP contribution < -0.4 is 5.32 Å². The largest absolute Gasteiger partial charge is 0.309 e. The molecule has 1 N–H and O–H groups in total. The highest BCUT2D eigenvalue weighted by Crippen LogP contribution is 2.30. The molecule has 0 aromatic heterocycles. The Labute approximate surface area is 125 Å². The molecule has 1 fully saturated rings. The summed E-state index contributed by atoms with van der Waals surface area (Å²) in [6.45, 7) is 9.53. The third kappa shape index (κ3) is 4.94. The molecule has 0 radical (unpaired) electrons. The Morgan fingerprint density at radius 3 is 2.20 bits per heavy atom. The predicted molar refractivity (Wildman–Crippen MR) is 87.9 cm³/mol. The van der Waals surface area contributed by atoms with Crippen molar-refractivity contribution in [3.05, 3.63) is 35.9 Å². The first kappa shape index (κ1) is 15.6. The normalized spacial score (nSPS) is 27.5. The Morgan fingerprint density at radius 1 is 1.00 bits per heavy atom. The van der Waals surface area contributed by atoms with Gasteiger partial charge >= 0.3 is 0 Å². The molecule has 0 spiro atoms. The molecule has 1 aromatic carbocycles. The van der Waals surface area contributed by atoms with Gasteiger partial charge in [-0.25, -0.2) is 0 Å². The van der Waals surface area contributed by atoms with Gasteiger partial charge in [0, 0.05) is 11.6 Å². The van der Waals surface area contributed by atoms with Gasteiger partial charge in [-0.15, -0.1) is 0 Å². The van der Waals surface area contributed by atoms with Crippen LogP contribution in [0.3, 0.4) is 0 Å². The van der Waals surface area contributed by atoms with Crippen molar-refractivity contribution in [2.45, 2.75) is 71.4 Å². The maximum absolute atomic E-state index is 3.93. The lowest BCUT2D eigenvalue weighted by atomic mass is 9.79. The average Bonchev–Trinajstić information content (AvgIpc) is 2.36. The summed E-state index contributed by atoms with van der Waals surface area (Å²) in [7, 11) is 0. The highest BCUT2D eigenvalue weighted by molar-refractivity contribution is 5.15. The summed E-state index contributed by atoms with van der Waals surface area (Å²) in [5, 5.41) is 3.93. The second kappa shape index (κ2) is 6.76. The minimum Gasteiger partial charge on any atom is -0.309 e. The van der Waals surface area contributed by atoms with Crippen molar-refractivity contribution < 1.29 is 0 Å². The van der Waals surface area contributed by atoms with Crippen LogP contribution >= 0.6 is 0 Å². The molecule has 1 heteroatoms. The summed E-state index contributed by atoms with van der Waals surface area (Å²) in [5.41, 5.74) is 1.69. The summed E-state index contributed by atoms with van der Waals surface area (Å²) >= 11 is 0. The molecule has 2 rings (SSSR count). The molecule has 112 valence electrons. The average molecular weight is 273 g/mol. The number of hydrogen-bond acceptors (Lipinski definition) is 1. The summed E-state index contributed by atoms with van der Waals surface area (Å²) in [5.74, 6) is 1.75. The van der Waals surface area contributed by atoms with Gasteiger partial charge in [0.25, 0.3) is 0 Å². The number of hydrogen-bond donors (Lipinski definition) is 1. The summed E-state index contributed by atoms with van der Waals surface area (Å²) < 4.78 is 0. The van der Waals surface area contributed by atoms with Gasteiger partial charge in [-0.2, -0.15) is 0 Å². The van der Waals surface area contributed by atoms with Crippen LogP contribution in [0, 0.1) is 11.8 Å². The van der Waals surface area contributed by atoms with E-state index in [4.69, 9.17) is 0 Å². The zero-order chi connectivity index (χ0) is 14.6. The van der Waals surface area contributed by atoms with Crippen LogP contribution in [0.4, 0.5) is 0 Å². The SMILES string of the molecule is CC1CC(C)CC(NC(C)(C)CCc2ccccc2)C1. The van der Waals surface area contributed by atoms with Crippen LogP contribution in [0.1, 0.15) is 58.9 Å². The smallest absolute Gasteiger partial charge is 0.0130 e. The van der Waals surface area contributed by atoms with Gasteiger partial charge < -0.3 is 5.32 Å². The number of benzene rings is 1. The fourth-order valence-corrected chi connectivity index (χ4v) is 3.79. The lowest BCUT2D eigenvalue weighted by Gasteiger charge is -2.38. The molecule has 1 nitrogen and oxygen atoms in total. The summed E-state index contributed by atoms with van der Waals surface area (Å²) in [6.07, 6.45) is 6.47. The highest BCUT2D eigenvalue weighted by Gasteiger charge is 2.28. The lowest BCUT2D eigenvalue weighted by Crippen LogP contribution is -2.48. The molecular weight excluding hydrogens is 242 g/mol. The maximum Gasteiger partial charge on any atom is 0.0130 e. The minimum absolute atomic E-state index is 0.233. The van der Waals surface area contributed by atoms with E-state index < -0.39 is 0 Å². The van der Waals surface area contributed by atoms with E-state index in [0.717, 1.165) is 11.8 Å². The van der Waals surface area contributed by atoms with E-state index in [1.54, 1.807) is 0 Å². The summed E-state index contributed by atoms with van der Waals surface area (Å²) in [4.78, 5) is 0. The molecule has 0 heterocycles. The van der Waals surface area contributed by atoms with Gasteiger partial charge in [0.15, 0.2) is 0 Å². The van der Waals surface area contributed by atoms with E-state index in [9.17, 15) is 0 Å². The van der Waals surface area contributed by atoms with Gasteiger partial charge in [0.05, 0.1) is 0 Å². The van der Waals surface area contributed by atoms with E-state index in [2.05, 4.69) is 63.3 Å². The van der Waals surface area contributed by atoms with E-state index in [0.29, 0.717) is 6.04 Å². The predicted octanol–water partition coefficient (Wildman–Crippen LogP) is 4.81. The van der Waals surface area contributed by atoms with Gasteiger partial charge in [-0.3, -0.25) is 0 Å². The van der Waals surface area contributed by atoms with Crippen LogP contribution in [0.25, 0.3) is 0 Å². The van der Waals surface area contributed by atoms with Gasteiger partial charge in [0.2, 0.25) is 0 Å². The molecule has 0 saturated heterocycles. The molecular formula is C19H31N. The molecule has 1 aliphatic carbocycles. The fourth-order valence-electron chi connectivity index (χ4n) is 3.79. The van der Waals surface area contributed by atoms with Crippen molar-refractivity contribution >= 4 is 0 Å². The van der Waals surface area contributed by atoms with Crippen molar-refractivity contribution in [1.82, 2.24) is 5.32 Å². The molecule has 2 unspecified atom stereocenters. The van der Waals surface area contributed by atoms with Crippen molar-refractivity contribution in [3.8, 4) is 0 Å². The van der Waals surface area contributed by atoms with E-state index >= 15 is 0 Å². The second-order valence-electron chi connectivity index (χ2n) is 7.63. The third-order valence-electron chi connectivity index (χ3n) is 4.65. The zero-order valence-electron chi connectivity index (χ0n) is 13.7. The second-order valence-corrected chi connectivity index (χ2v) is 7.63.